The molecule has 0 fully saturated rings. The minimum Gasteiger partial charge on any atom is -0.385 e. The first-order valence-electron chi connectivity index (χ1n) is 7.38. The molecule has 0 aliphatic carbocycles. The maximum absolute atomic E-state index is 12.4. The van der Waals surface area contributed by atoms with E-state index in [0.29, 0.717) is 5.56 Å². The molecule has 5 heteroatoms. The van der Waals surface area contributed by atoms with Gasteiger partial charge in [-0.3, -0.25) is 9.48 Å². The molecule has 1 aromatic carbocycles. The molecule has 0 spiro atoms. The van der Waals surface area contributed by atoms with Gasteiger partial charge in [0.2, 0.25) is 0 Å². The van der Waals surface area contributed by atoms with Gasteiger partial charge in [-0.1, -0.05) is 6.92 Å². The van der Waals surface area contributed by atoms with Crippen LogP contribution in [0.4, 0.5) is 11.4 Å². The van der Waals surface area contributed by atoms with Crippen LogP contribution < -0.4 is 10.6 Å². The summed E-state index contributed by atoms with van der Waals surface area (Å²) in [4.78, 5) is 12.4. The van der Waals surface area contributed by atoms with Crippen LogP contribution in [-0.4, -0.2) is 22.2 Å². The minimum atomic E-state index is -0.0777. The Balaban J connectivity index is 1.82. The molecule has 3 rings (SSSR count). The normalized spacial score (nSPS) is 13.4. The van der Waals surface area contributed by atoms with Crippen molar-refractivity contribution in [2.24, 2.45) is 7.05 Å². The van der Waals surface area contributed by atoms with Gasteiger partial charge >= 0.3 is 0 Å². The lowest BCUT2D eigenvalue weighted by atomic mass is 10.0. The predicted octanol–water partition coefficient (Wildman–Crippen LogP) is 2.59. The van der Waals surface area contributed by atoms with Crippen LogP contribution in [0.2, 0.25) is 0 Å². The number of nitrogens with one attached hydrogen (secondary N) is 2. The van der Waals surface area contributed by atoms with Crippen molar-refractivity contribution in [3.05, 3.63) is 41.2 Å². The lowest BCUT2D eigenvalue weighted by molar-refractivity contribution is 0.102. The zero-order valence-corrected chi connectivity index (χ0v) is 12.4. The van der Waals surface area contributed by atoms with Crippen molar-refractivity contribution in [2.75, 3.05) is 17.2 Å². The molecular weight excluding hydrogens is 264 g/mol. The number of hydrogen-bond acceptors (Lipinski definition) is 3. The zero-order chi connectivity index (χ0) is 14.8. The standard InChI is InChI=1S/C16H20N4O/c1-3-13-15(10-20(2)19-13)18-16(21)12-6-7-14-11(9-12)5-4-8-17-14/h6-7,9-10,17H,3-5,8H2,1-2H3,(H,18,21). The van der Waals surface area contributed by atoms with Gasteiger partial charge in [0, 0.05) is 31.0 Å². The SMILES string of the molecule is CCc1nn(C)cc1NC(=O)c1ccc2c(c1)CCCN2. The molecule has 110 valence electrons. The Morgan fingerprint density at radius 2 is 2.33 bits per heavy atom. The molecule has 0 radical (unpaired) electrons. The summed E-state index contributed by atoms with van der Waals surface area (Å²) >= 11 is 0. The third kappa shape index (κ3) is 2.77. The predicted molar refractivity (Wildman–Crippen MR) is 83.8 cm³/mol. The van der Waals surface area contributed by atoms with E-state index in [4.69, 9.17) is 0 Å². The van der Waals surface area contributed by atoms with E-state index in [1.807, 2.05) is 38.4 Å². The molecule has 2 heterocycles. The summed E-state index contributed by atoms with van der Waals surface area (Å²) in [6.07, 6.45) is 4.78. The lowest BCUT2D eigenvalue weighted by Gasteiger charge is -2.18. The summed E-state index contributed by atoms with van der Waals surface area (Å²) in [6.45, 7) is 3.04. The number of amides is 1. The number of aryl methyl sites for hydroxylation is 3. The number of carbonyl (C=O) groups is 1. The third-order valence-corrected chi connectivity index (χ3v) is 3.79. The van der Waals surface area contributed by atoms with Gasteiger partial charge in [0.1, 0.15) is 0 Å². The molecular formula is C16H20N4O. The van der Waals surface area contributed by atoms with Crippen LogP contribution in [0.25, 0.3) is 0 Å². The number of fused-ring (bicyclic) bond motifs is 1. The minimum absolute atomic E-state index is 0.0777. The fourth-order valence-electron chi connectivity index (χ4n) is 2.71. The number of anilines is 2. The molecule has 0 unspecified atom stereocenters. The number of nitrogens with zero attached hydrogens (tertiary/aromatic N) is 2. The lowest BCUT2D eigenvalue weighted by Crippen LogP contribution is -2.16. The topological polar surface area (TPSA) is 59.0 Å². The second-order valence-corrected chi connectivity index (χ2v) is 5.37. The van der Waals surface area contributed by atoms with Gasteiger partial charge in [0.15, 0.2) is 0 Å². The zero-order valence-electron chi connectivity index (χ0n) is 12.4. The Morgan fingerprint density at radius 1 is 1.48 bits per heavy atom. The molecule has 0 bridgehead atoms. The fraction of sp³-hybridized carbons (Fsp3) is 0.375. The summed E-state index contributed by atoms with van der Waals surface area (Å²) in [7, 11) is 1.86. The Labute approximate surface area is 124 Å². The highest BCUT2D eigenvalue weighted by atomic mass is 16.1. The van der Waals surface area contributed by atoms with Crippen LogP contribution in [0.1, 0.15) is 35.0 Å². The molecule has 1 aliphatic rings. The molecule has 2 aromatic rings. The first kappa shape index (κ1) is 13.7. The molecule has 5 nitrogen and oxygen atoms in total. The van der Waals surface area contributed by atoms with E-state index in [1.54, 1.807) is 4.68 Å². The molecule has 0 saturated carbocycles. The van der Waals surface area contributed by atoms with Gasteiger partial charge in [0.05, 0.1) is 11.4 Å². The summed E-state index contributed by atoms with van der Waals surface area (Å²) in [5.41, 5.74) is 4.76. The van der Waals surface area contributed by atoms with Gasteiger partial charge in [0.25, 0.3) is 5.91 Å². The van der Waals surface area contributed by atoms with Crippen LogP contribution in [0.5, 0.6) is 0 Å². The number of hydrogen-bond donors (Lipinski definition) is 2. The number of benzene rings is 1. The molecule has 21 heavy (non-hydrogen) atoms. The van der Waals surface area contributed by atoms with E-state index in [9.17, 15) is 4.79 Å². The van der Waals surface area contributed by atoms with E-state index < -0.39 is 0 Å². The Bertz CT molecular complexity index is 675. The summed E-state index contributed by atoms with van der Waals surface area (Å²) < 4.78 is 1.73. The van der Waals surface area contributed by atoms with Crippen molar-refractivity contribution in [3.8, 4) is 0 Å². The van der Waals surface area contributed by atoms with Crippen molar-refractivity contribution in [1.82, 2.24) is 9.78 Å². The monoisotopic (exact) mass is 284 g/mol. The van der Waals surface area contributed by atoms with E-state index in [-0.39, 0.29) is 5.91 Å². The van der Waals surface area contributed by atoms with E-state index >= 15 is 0 Å². The van der Waals surface area contributed by atoms with E-state index in [0.717, 1.165) is 42.9 Å². The van der Waals surface area contributed by atoms with E-state index in [1.165, 1.54) is 5.56 Å². The van der Waals surface area contributed by atoms with Crippen LogP contribution >= 0.6 is 0 Å². The Kier molecular flexibility index (Phi) is 3.64. The van der Waals surface area contributed by atoms with Crippen LogP contribution in [-0.2, 0) is 19.9 Å². The Morgan fingerprint density at radius 3 is 3.14 bits per heavy atom. The van der Waals surface area contributed by atoms with Gasteiger partial charge in [-0.2, -0.15) is 5.10 Å². The van der Waals surface area contributed by atoms with Gasteiger partial charge in [-0.25, -0.2) is 0 Å². The maximum Gasteiger partial charge on any atom is 0.255 e. The molecule has 1 aromatic heterocycles. The Hall–Kier alpha value is -2.30. The highest BCUT2D eigenvalue weighted by molar-refractivity contribution is 6.04. The summed E-state index contributed by atoms with van der Waals surface area (Å²) in [5, 5.41) is 10.7. The van der Waals surface area contributed by atoms with Crippen molar-refractivity contribution in [2.45, 2.75) is 26.2 Å². The van der Waals surface area contributed by atoms with Crippen LogP contribution in [0.15, 0.2) is 24.4 Å². The smallest absolute Gasteiger partial charge is 0.255 e. The second-order valence-electron chi connectivity index (χ2n) is 5.37. The van der Waals surface area contributed by atoms with Gasteiger partial charge in [-0.15, -0.1) is 0 Å². The number of aromatic nitrogens is 2. The quantitative estimate of drug-likeness (QED) is 0.911. The van der Waals surface area contributed by atoms with Crippen molar-refractivity contribution < 1.29 is 4.79 Å². The number of carbonyl (C=O) groups excluding carboxylic acids is 1. The van der Waals surface area contributed by atoms with Gasteiger partial charge in [-0.05, 0) is 43.0 Å². The van der Waals surface area contributed by atoms with Crippen molar-refractivity contribution in [3.63, 3.8) is 0 Å². The average Bonchev–Trinajstić information content (AvgIpc) is 2.86. The molecule has 0 atom stereocenters. The second kappa shape index (κ2) is 5.60. The largest absolute Gasteiger partial charge is 0.385 e. The number of rotatable bonds is 3. The molecule has 1 amide bonds. The summed E-state index contributed by atoms with van der Waals surface area (Å²) in [5.74, 6) is -0.0777. The average molecular weight is 284 g/mol. The van der Waals surface area contributed by atoms with Crippen LogP contribution in [0.3, 0.4) is 0 Å². The fourth-order valence-corrected chi connectivity index (χ4v) is 2.71. The van der Waals surface area contributed by atoms with E-state index in [2.05, 4.69) is 15.7 Å². The third-order valence-electron chi connectivity index (χ3n) is 3.79. The van der Waals surface area contributed by atoms with Crippen molar-refractivity contribution >= 4 is 17.3 Å². The maximum atomic E-state index is 12.4. The first-order valence-corrected chi connectivity index (χ1v) is 7.38. The molecule has 2 N–H and O–H groups in total. The summed E-state index contributed by atoms with van der Waals surface area (Å²) in [6, 6.07) is 5.85. The van der Waals surface area contributed by atoms with Gasteiger partial charge < -0.3 is 10.6 Å². The molecule has 0 saturated heterocycles. The first-order chi connectivity index (χ1) is 10.2. The highest BCUT2D eigenvalue weighted by Gasteiger charge is 2.14. The van der Waals surface area contributed by atoms with Crippen molar-refractivity contribution in [1.29, 1.82) is 0 Å². The van der Waals surface area contributed by atoms with Crippen LogP contribution in [0, 0.1) is 0 Å². The highest BCUT2D eigenvalue weighted by Crippen LogP contribution is 2.23. The molecule has 1 aliphatic heterocycles.